The molecule has 1 fully saturated rings. The fraction of sp³-hybridized carbons (Fsp3) is 1.00. The summed E-state index contributed by atoms with van der Waals surface area (Å²) in [6.07, 6.45) is 32.9. The van der Waals surface area contributed by atoms with E-state index < -0.39 is 0 Å². The zero-order valence-electron chi connectivity index (χ0n) is 18.7. The minimum atomic E-state index is 1.09. The molecular formula is C26H52. The highest BCUT2D eigenvalue weighted by Crippen LogP contribution is 2.34. The first-order valence-corrected chi connectivity index (χ1v) is 12.9. The van der Waals surface area contributed by atoms with Crippen molar-refractivity contribution in [1.82, 2.24) is 0 Å². The van der Waals surface area contributed by atoms with Crippen LogP contribution in [0.2, 0.25) is 0 Å². The predicted octanol–water partition coefficient (Wildman–Crippen LogP) is 9.85. The van der Waals surface area contributed by atoms with E-state index in [0.29, 0.717) is 0 Å². The van der Waals surface area contributed by atoms with Gasteiger partial charge in [-0.1, -0.05) is 155 Å². The Morgan fingerprint density at radius 1 is 0.385 bits per heavy atom. The Morgan fingerprint density at radius 3 is 0.962 bits per heavy atom. The highest BCUT2D eigenvalue weighted by Gasteiger charge is 2.20. The second kappa shape index (κ2) is 18.4. The molecule has 0 aromatic rings. The third-order valence-electron chi connectivity index (χ3n) is 6.90. The first-order chi connectivity index (χ1) is 12.9. The normalized spacial score (nSPS) is 20.5. The average molecular weight is 365 g/mol. The van der Waals surface area contributed by atoms with Crippen LogP contribution in [-0.4, -0.2) is 0 Å². The lowest BCUT2D eigenvalue weighted by molar-refractivity contribution is 0.244. The Hall–Kier alpha value is 0. The minimum absolute atomic E-state index is 1.09. The highest BCUT2D eigenvalue weighted by molar-refractivity contribution is 4.73. The van der Waals surface area contributed by atoms with Crippen molar-refractivity contribution in [2.75, 3.05) is 0 Å². The van der Waals surface area contributed by atoms with Gasteiger partial charge in [-0.15, -0.1) is 0 Å². The van der Waals surface area contributed by atoms with E-state index in [4.69, 9.17) is 0 Å². The second-order valence-corrected chi connectivity index (χ2v) is 9.41. The van der Waals surface area contributed by atoms with E-state index in [1.165, 1.54) is 109 Å². The van der Waals surface area contributed by atoms with Gasteiger partial charge in [-0.3, -0.25) is 0 Å². The van der Waals surface area contributed by atoms with E-state index in [2.05, 4.69) is 13.8 Å². The van der Waals surface area contributed by atoms with E-state index in [-0.39, 0.29) is 0 Å². The van der Waals surface area contributed by atoms with Gasteiger partial charge in [0.25, 0.3) is 0 Å². The van der Waals surface area contributed by atoms with Crippen LogP contribution < -0.4 is 0 Å². The SMILES string of the molecule is CCCCCCCCCCCCC1CCC(CCCCCCCC)CC1. The van der Waals surface area contributed by atoms with E-state index in [0.717, 1.165) is 11.8 Å². The summed E-state index contributed by atoms with van der Waals surface area (Å²) in [4.78, 5) is 0. The maximum absolute atomic E-state index is 2.31. The van der Waals surface area contributed by atoms with Crippen LogP contribution in [0.1, 0.15) is 155 Å². The fourth-order valence-electron chi connectivity index (χ4n) is 4.94. The Balaban J connectivity index is 1.82. The van der Waals surface area contributed by atoms with Crippen molar-refractivity contribution in [3.05, 3.63) is 0 Å². The van der Waals surface area contributed by atoms with Gasteiger partial charge in [-0.2, -0.15) is 0 Å². The summed E-state index contributed by atoms with van der Waals surface area (Å²) in [6.45, 7) is 4.62. The van der Waals surface area contributed by atoms with Crippen molar-refractivity contribution in [3.8, 4) is 0 Å². The number of hydrogen-bond donors (Lipinski definition) is 0. The molecule has 0 heteroatoms. The summed E-state index contributed by atoms with van der Waals surface area (Å²) in [5.74, 6) is 2.18. The molecule has 1 aliphatic carbocycles. The highest BCUT2D eigenvalue weighted by atomic mass is 14.3. The van der Waals surface area contributed by atoms with Crippen molar-refractivity contribution in [2.45, 2.75) is 155 Å². The van der Waals surface area contributed by atoms with Crippen molar-refractivity contribution in [2.24, 2.45) is 11.8 Å². The molecule has 156 valence electrons. The molecule has 1 aliphatic rings. The van der Waals surface area contributed by atoms with Crippen LogP contribution in [0.25, 0.3) is 0 Å². The van der Waals surface area contributed by atoms with Gasteiger partial charge >= 0.3 is 0 Å². The van der Waals surface area contributed by atoms with E-state index in [1.807, 2.05) is 0 Å². The third-order valence-corrected chi connectivity index (χ3v) is 6.90. The molecule has 0 radical (unpaired) electrons. The maximum Gasteiger partial charge on any atom is -0.0414 e. The largest absolute Gasteiger partial charge is 0.0654 e. The summed E-state index contributed by atoms with van der Waals surface area (Å²) in [6, 6.07) is 0. The Morgan fingerprint density at radius 2 is 0.654 bits per heavy atom. The van der Waals surface area contributed by atoms with Gasteiger partial charge in [0.1, 0.15) is 0 Å². The van der Waals surface area contributed by atoms with Crippen molar-refractivity contribution in [3.63, 3.8) is 0 Å². The average Bonchev–Trinajstić information content (AvgIpc) is 2.67. The van der Waals surface area contributed by atoms with E-state index in [9.17, 15) is 0 Å². The molecule has 1 saturated carbocycles. The summed E-state index contributed by atoms with van der Waals surface area (Å²) in [5.41, 5.74) is 0. The van der Waals surface area contributed by atoms with Crippen LogP contribution in [0.15, 0.2) is 0 Å². The first kappa shape index (κ1) is 24.0. The zero-order chi connectivity index (χ0) is 18.7. The van der Waals surface area contributed by atoms with E-state index in [1.54, 1.807) is 32.1 Å². The van der Waals surface area contributed by atoms with Gasteiger partial charge in [0.2, 0.25) is 0 Å². The molecule has 0 aromatic heterocycles. The summed E-state index contributed by atoms with van der Waals surface area (Å²) >= 11 is 0. The van der Waals surface area contributed by atoms with Gasteiger partial charge in [-0.05, 0) is 11.8 Å². The molecule has 0 aliphatic heterocycles. The smallest absolute Gasteiger partial charge is 0.0414 e. The van der Waals surface area contributed by atoms with Crippen molar-refractivity contribution >= 4 is 0 Å². The first-order valence-electron chi connectivity index (χ1n) is 12.9. The lowest BCUT2D eigenvalue weighted by Crippen LogP contribution is -2.14. The zero-order valence-corrected chi connectivity index (χ0v) is 18.7. The fourth-order valence-corrected chi connectivity index (χ4v) is 4.94. The molecule has 0 nitrogen and oxygen atoms in total. The Bertz CT molecular complexity index is 261. The molecule has 0 N–H and O–H groups in total. The molecule has 0 unspecified atom stereocenters. The van der Waals surface area contributed by atoms with Gasteiger partial charge in [0.05, 0.1) is 0 Å². The van der Waals surface area contributed by atoms with Crippen LogP contribution in [0.3, 0.4) is 0 Å². The lowest BCUT2D eigenvalue weighted by atomic mass is 9.78. The molecule has 0 spiro atoms. The molecule has 1 rings (SSSR count). The van der Waals surface area contributed by atoms with Gasteiger partial charge in [0.15, 0.2) is 0 Å². The Labute approximate surface area is 167 Å². The molecule has 0 atom stereocenters. The molecule has 0 bridgehead atoms. The summed E-state index contributed by atoms with van der Waals surface area (Å²) in [7, 11) is 0. The van der Waals surface area contributed by atoms with Gasteiger partial charge in [-0.25, -0.2) is 0 Å². The quantitative estimate of drug-likeness (QED) is 0.212. The molecule has 0 saturated heterocycles. The topological polar surface area (TPSA) is 0 Å². The van der Waals surface area contributed by atoms with Crippen LogP contribution in [0.4, 0.5) is 0 Å². The molecule has 0 amide bonds. The molecule has 26 heavy (non-hydrogen) atoms. The van der Waals surface area contributed by atoms with Crippen LogP contribution >= 0.6 is 0 Å². The summed E-state index contributed by atoms with van der Waals surface area (Å²) in [5, 5.41) is 0. The number of rotatable bonds is 18. The van der Waals surface area contributed by atoms with E-state index >= 15 is 0 Å². The number of unbranched alkanes of at least 4 members (excludes halogenated alkanes) is 14. The number of hydrogen-bond acceptors (Lipinski definition) is 0. The standard InChI is InChI=1S/C26H52/c1-3-5-7-9-11-12-13-14-16-18-20-26-23-21-25(22-24-26)19-17-15-10-8-6-4-2/h25-26H,3-24H2,1-2H3. The predicted molar refractivity (Wildman–Crippen MR) is 120 cm³/mol. The van der Waals surface area contributed by atoms with Crippen molar-refractivity contribution < 1.29 is 0 Å². The minimum Gasteiger partial charge on any atom is -0.0654 e. The van der Waals surface area contributed by atoms with Crippen molar-refractivity contribution in [1.29, 1.82) is 0 Å². The summed E-state index contributed by atoms with van der Waals surface area (Å²) < 4.78 is 0. The van der Waals surface area contributed by atoms with Crippen LogP contribution in [0.5, 0.6) is 0 Å². The Kier molecular flexibility index (Phi) is 17.0. The third kappa shape index (κ3) is 14.1. The second-order valence-electron chi connectivity index (χ2n) is 9.41. The monoisotopic (exact) mass is 364 g/mol. The molecular weight excluding hydrogens is 312 g/mol. The molecule has 0 heterocycles. The maximum atomic E-state index is 2.31. The molecule has 0 aromatic carbocycles. The van der Waals surface area contributed by atoms with Gasteiger partial charge in [0, 0.05) is 0 Å². The lowest BCUT2D eigenvalue weighted by Gasteiger charge is -2.28. The van der Waals surface area contributed by atoms with Crippen LogP contribution in [0, 0.1) is 11.8 Å². The van der Waals surface area contributed by atoms with Gasteiger partial charge < -0.3 is 0 Å². The van der Waals surface area contributed by atoms with Crippen LogP contribution in [-0.2, 0) is 0 Å².